The second-order valence-corrected chi connectivity index (χ2v) is 5.58. The van der Waals surface area contributed by atoms with Gasteiger partial charge in [0.05, 0.1) is 7.11 Å². The molecule has 3 heteroatoms. The number of para-hydroxylation sites is 1. The third kappa shape index (κ3) is 2.87. The molecule has 1 aromatic heterocycles. The molecular weight excluding hydrogens is 288 g/mol. The van der Waals surface area contributed by atoms with E-state index in [0.717, 1.165) is 59.2 Å². The lowest BCUT2D eigenvalue weighted by Crippen LogP contribution is -1.93. The summed E-state index contributed by atoms with van der Waals surface area (Å²) < 4.78 is 11.6. The largest absolute Gasteiger partial charge is 0.496 e. The van der Waals surface area contributed by atoms with E-state index in [9.17, 15) is 4.79 Å². The van der Waals surface area contributed by atoms with Crippen molar-refractivity contribution in [2.45, 2.75) is 26.2 Å². The van der Waals surface area contributed by atoms with Crippen molar-refractivity contribution in [1.29, 1.82) is 0 Å². The van der Waals surface area contributed by atoms with Crippen molar-refractivity contribution in [2.75, 3.05) is 7.11 Å². The fourth-order valence-electron chi connectivity index (χ4n) is 2.90. The molecule has 23 heavy (non-hydrogen) atoms. The van der Waals surface area contributed by atoms with Gasteiger partial charge >= 0.3 is 0 Å². The maximum Gasteiger partial charge on any atom is 0.150 e. The van der Waals surface area contributed by atoms with Gasteiger partial charge in [-0.2, -0.15) is 0 Å². The zero-order valence-electron chi connectivity index (χ0n) is 13.5. The van der Waals surface area contributed by atoms with Crippen LogP contribution >= 0.6 is 0 Å². The molecular formula is C20H20O3. The molecule has 0 amide bonds. The Kier molecular flexibility index (Phi) is 4.47. The fraction of sp³-hybridized carbons (Fsp3) is 0.250. The van der Waals surface area contributed by atoms with E-state index >= 15 is 0 Å². The number of fused-ring (bicyclic) bond motifs is 1. The van der Waals surface area contributed by atoms with E-state index in [1.807, 2.05) is 30.3 Å². The van der Waals surface area contributed by atoms with Crippen molar-refractivity contribution in [1.82, 2.24) is 0 Å². The SMILES string of the molecule is CCCCc1oc2ccccc2c1-c1cc(C=O)ccc1OC. The molecule has 2 aromatic carbocycles. The molecule has 3 nitrogen and oxygen atoms in total. The molecule has 0 spiro atoms. The number of furan rings is 1. The predicted molar refractivity (Wildman–Crippen MR) is 92.2 cm³/mol. The van der Waals surface area contributed by atoms with Crippen molar-refractivity contribution >= 4 is 17.3 Å². The molecule has 0 saturated carbocycles. The van der Waals surface area contributed by atoms with Gasteiger partial charge < -0.3 is 9.15 Å². The number of benzene rings is 2. The Morgan fingerprint density at radius 1 is 1.17 bits per heavy atom. The van der Waals surface area contributed by atoms with E-state index in [0.29, 0.717) is 5.56 Å². The van der Waals surface area contributed by atoms with E-state index < -0.39 is 0 Å². The molecule has 3 rings (SSSR count). The predicted octanol–water partition coefficient (Wildman–Crippen LogP) is 5.26. The summed E-state index contributed by atoms with van der Waals surface area (Å²) in [6, 6.07) is 13.5. The first-order valence-corrected chi connectivity index (χ1v) is 7.92. The molecule has 0 atom stereocenters. The van der Waals surface area contributed by atoms with Gasteiger partial charge in [-0.05, 0) is 30.7 Å². The van der Waals surface area contributed by atoms with Gasteiger partial charge in [-0.1, -0.05) is 31.5 Å². The number of carbonyl (C=O) groups excluding carboxylic acids is 1. The maximum atomic E-state index is 11.2. The topological polar surface area (TPSA) is 39.4 Å². The standard InChI is InChI=1S/C20H20O3/c1-3-4-8-19-20(15-7-5-6-9-18(15)23-19)16-12-14(13-21)10-11-17(16)22-2/h5-7,9-13H,3-4,8H2,1-2H3. The lowest BCUT2D eigenvalue weighted by Gasteiger charge is -2.10. The van der Waals surface area contributed by atoms with Gasteiger partial charge in [-0.15, -0.1) is 0 Å². The van der Waals surface area contributed by atoms with E-state index in [1.54, 1.807) is 13.2 Å². The second-order valence-electron chi connectivity index (χ2n) is 5.58. The molecule has 0 aliphatic carbocycles. The van der Waals surface area contributed by atoms with Crippen LogP contribution in [0.25, 0.3) is 22.1 Å². The average Bonchev–Trinajstić information content (AvgIpc) is 2.97. The van der Waals surface area contributed by atoms with Crippen LogP contribution in [0.2, 0.25) is 0 Å². The molecule has 3 aromatic rings. The quantitative estimate of drug-likeness (QED) is 0.583. The summed E-state index contributed by atoms with van der Waals surface area (Å²) in [5.74, 6) is 1.70. The van der Waals surface area contributed by atoms with E-state index in [2.05, 4.69) is 13.0 Å². The van der Waals surface area contributed by atoms with Gasteiger partial charge in [-0.25, -0.2) is 0 Å². The molecule has 0 radical (unpaired) electrons. The molecule has 0 aliphatic rings. The minimum absolute atomic E-state index is 0.632. The Hall–Kier alpha value is -2.55. The van der Waals surface area contributed by atoms with Crippen LogP contribution in [0.4, 0.5) is 0 Å². The smallest absolute Gasteiger partial charge is 0.150 e. The first-order chi connectivity index (χ1) is 11.3. The summed E-state index contributed by atoms with van der Waals surface area (Å²) in [6.07, 6.45) is 3.89. The van der Waals surface area contributed by atoms with Crippen LogP contribution < -0.4 is 4.74 Å². The van der Waals surface area contributed by atoms with Gasteiger partial charge in [0.1, 0.15) is 23.4 Å². The Labute approximate surface area is 135 Å². The fourth-order valence-corrected chi connectivity index (χ4v) is 2.90. The van der Waals surface area contributed by atoms with Crippen LogP contribution in [0.3, 0.4) is 0 Å². The van der Waals surface area contributed by atoms with Gasteiger partial charge in [0.15, 0.2) is 0 Å². The highest BCUT2D eigenvalue weighted by Crippen LogP contribution is 2.40. The Bertz CT molecular complexity index is 830. The summed E-state index contributed by atoms with van der Waals surface area (Å²) in [7, 11) is 1.65. The zero-order valence-corrected chi connectivity index (χ0v) is 13.5. The van der Waals surface area contributed by atoms with Gasteiger partial charge in [0.25, 0.3) is 0 Å². The minimum Gasteiger partial charge on any atom is -0.496 e. The van der Waals surface area contributed by atoms with Crippen molar-refractivity contribution in [2.24, 2.45) is 0 Å². The molecule has 1 heterocycles. The maximum absolute atomic E-state index is 11.2. The number of ether oxygens (including phenoxy) is 1. The lowest BCUT2D eigenvalue weighted by atomic mass is 9.97. The van der Waals surface area contributed by atoms with Crippen molar-refractivity contribution in [3.63, 3.8) is 0 Å². The number of methoxy groups -OCH3 is 1. The van der Waals surface area contributed by atoms with Crippen LogP contribution in [0, 0.1) is 0 Å². The van der Waals surface area contributed by atoms with Crippen molar-refractivity contribution in [3.8, 4) is 16.9 Å². The van der Waals surface area contributed by atoms with Crippen molar-refractivity contribution < 1.29 is 13.9 Å². The normalized spacial score (nSPS) is 10.9. The molecule has 0 aliphatic heterocycles. The summed E-state index contributed by atoms with van der Waals surface area (Å²) in [5.41, 5.74) is 3.45. The molecule has 0 bridgehead atoms. The molecule has 0 saturated heterocycles. The van der Waals surface area contributed by atoms with E-state index in [-0.39, 0.29) is 0 Å². The summed E-state index contributed by atoms with van der Waals surface area (Å²) in [5, 5.41) is 1.06. The summed E-state index contributed by atoms with van der Waals surface area (Å²) >= 11 is 0. The van der Waals surface area contributed by atoms with Gasteiger partial charge in [0.2, 0.25) is 0 Å². The Morgan fingerprint density at radius 2 is 2.00 bits per heavy atom. The summed E-state index contributed by atoms with van der Waals surface area (Å²) in [4.78, 5) is 11.2. The molecule has 0 fully saturated rings. The van der Waals surface area contributed by atoms with Crippen LogP contribution in [-0.2, 0) is 6.42 Å². The second kappa shape index (κ2) is 6.69. The molecule has 118 valence electrons. The number of unbranched alkanes of at least 4 members (excludes halogenated alkanes) is 1. The van der Waals surface area contributed by atoms with Crippen LogP contribution in [0.5, 0.6) is 5.75 Å². The highest BCUT2D eigenvalue weighted by atomic mass is 16.5. The third-order valence-corrected chi connectivity index (χ3v) is 4.05. The number of carbonyl (C=O) groups is 1. The molecule has 0 N–H and O–H groups in total. The highest BCUT2D eigenvalue weighted by molar-refractivity contribution is 5.98. The monoisotopic (exact) mass is 308 g/mol. The number of aldehydes is 1. The Balaban J connectivity index is 2.27. The molecule has 0 unspecified atom stereocenters. The first-order valence-electron chi connectivity index (χ1n) is 7.92. The van der Waals surface area contributed by atoms with Crippen LogP contribution in [0.1, 0.15) is 35.9 Å². The third-order valence-electron chi connectivity index (χ3n) is 4.05. The number of hydrogen-bond donors (Lipinski definition) is 0. The first kappa shape index (κ1) is 15.3. The van der Waals surface area contributed by atoms with E-state index in [4.69, 9.17) is 9.15 Å². The number of rotatable bonds is 6. The number of hydrogen-bond acceptors (Lipinski definition) is 3. The highest BCUT2D eigenvalue weighted by Gasteiger charge is 2.19. The van der Waals surface area contributed by atoms with Gasteiger partial charge in [-0.3, -0.25) is 4.79 Å². The minimum atomic E-state index is 0.632. The number of aryl methyl sites for hydroxylation is 1. The summed E-state index contributed by atoms with van der Waals surface area (Å²) in [6.45, 7) is 2.16. The van der Waals surface area contributed by atoms with Crippen molar-refractivity contribution in [3.05, 3.63) is 53.8 Å². The Morgan fingerprint density at radius 3 is 2.74 bits per heavy atom. The zero-order chi connectivity index (χ0) is 16.2. The van der Waals surface area contributed by atoms with E-state index in [1.165, 1.54) is 0 Å². The average molecular weight is 308 g/mol. The lowest BCUT2D eigenvalue weighted by molar-refractivity contribution is 0.112. The van der Waals surface area contributed by atoms with Crippen LogP contribution in [0.15, 0.2) is 46.9 Å². The van der Waals surface area contributed by atoms with Crippen LogP contribution in [-0.4, -0.2) is 13.4 Å². The van der Waals surface area contributed by atoms with Gasteiger partial charge in [0, 0.05) is 28.5 Å².